The molecule has 1 aromatic carbocycles. The molecule has 8 heteroatoms. The molecular formula is C22H23F3N2O3. The van der Waals surface area contributed by atoms with E-state index in [0.717, 1.165) is 6.07 Å². The zero-order chi connectivity index (χ0) is 22.3. The number of hydrogen-bond acceptors (Lipinski definition) is 3. The van der Waals surface area contributed by atoms with Crippen LogP contribution in [-0.4, -0.2) is 34.9 Å². The van der Waals surface area contributed by atoms with E-state index in [-0.39, 0.29) is 37.1 Å². The highest BCUT2D eigenvalue weighted by atomic mass is 19.4. The van der Waals surface area contributed by atoms with E-state index in [1.54, 1.807) is 25.2 Å². The van der Waals surface area contributed by atoms with Crippen molar-refractivity contribution in [1.82, 2.24) is 10.2 Å². The van der Waals surface area contributed by atoms with Crippen molar-refractivity contribution in [1.29, 1.82) is 0 Å². The van der Waals surface area contributed by atoms with Crippen LogP contribution >= 0.6 is 0 Å². The molecule has 0 radical (unpaired) electrons. The second-order valence-corrected chi connectivity index (χ2v) is 6.54. The molecule has 2 amide bonds. The van der Waals surface area contributed by atoms with Crippen molar-refractivity contribution in [2.45, 2.75) is 25.9 Å². The van der Waals surface area contributed by atoms with Crippen molar-refractivity contribution in [2.75, 3.05) is 13.1 Å². The lowest BCUT2D eigenvalue weighted by molar-refractivity contribution is -0.138. The summed E-state index contributed by atoms with van der Waals surface area (Å²) in [5.41, 5.74) is -0.129. The molecule has 0 bridgehead atoms. The van der Waals surface area contributed by atoms with Gasteiger partial charge in [0.2, 0.25) is 0 Å². The lowest BCUT2D eigenvalue weighted by Crippen LogP contribution is -2.30. The van der Waals surface area contributed by atoms with Gasteiger partial charge in [-0.05, 0) is 37.5 Å². The molecule has 1 heterocycles. The third kappa shape index (κ3) is 5.40. The lowest BCUT2D eigenvalue weighted by atomic mass is 10.0. The highest BCUT2D eigenvalue weighted by Crippen LogP contribution is 2.32. The molecule has 0 aliphatic carbocycles. The van der Waals surface area contributed by atoms with Crippen LogP contribution < -0.4 is 5.32 Å². The van der Waals surface area contributed by atoms with Crippen molar-refractivity contribution in [3.63, 3.8) is 0 Å². The number of hydrogen-bond donors (Lipinski definition) is 2. The summed E-state index contributed by atoms with van der Waals surface area (Å²) in [6, 6.07) is 5.29. The Hall–Kier alpha value is -3.29. The molecule has 0 fully saturated rings. The number of benzene rings is 1. The van der Waals surface area contributed by atoms with Gasteiger partial charge >= 0.3 is 6.18 Å². The van der Waals surface area contributed by atoms with Crippen molar-refractivity contribution in [2.24, 2.45) is 0 Å². The number of carbonyl (C=O) groups excluding carboxylic acids is 2. The number of allylic oxidation sites excluding steroid dienone is 4. The predicted molar refractivity (Wildman–Crippen MR) is 107 cm³/mol. The molecule has 1 aromatic rings. The minimum Gasteiger partial charge on any atom is -0.503 e. The molecule has 0 saturated carbocycles. The summed E-state index contributed by atoms with van der Waals surface area (Å²) in [4.78, 5) is 25.9. The van der Waals surface area contributed by atoms with Crippen LogP contribution in [0.5, 0.6) is 0 Å². The van der Waals surface area contributed by atoms with Gasteiger partial charge in [-0.3, -0.25) is 9.59 Å². The zero-order valence-electron chi connectivity index (χ0n) is 16.5. The molecule has 0 unspecified atom stereocenters. The van der Waals surface area contributed by atoms with Gasteiger partial charge in [0.05, 0.1) is 17.7 Å². The van der Waals surface area contributed by atoms with Crippen LogP contribution in [-0.2, 0) is 22.2 Å². The maximum atomic E-state index is 13.0. The molecule has 0 aromatic heterocycles. The number of amides is 2. The summed E-state index contributed by atoms with van der Waals surface area (Å²) in [5, 5.41) is 12.6. The predicted octanol–water partition coefficient (Wildman–Crippen LogP) is 4.05. The van der Waals surface area contributed by atoms with Gasteiger partial charge in [0.15, 0.2) is 5.76 Å². The first-order valence-electron chi connectivity index (χ1n) is 9.33. The molecule has 0 saturated heterocycles. The van der Waals surface area contributed by atoms with E-state index in [9.17, 15) is 27.9 Å². The van der Waals surface area contributed by atoms with E-state index < -0.39 is 29.3 Å². The van der Waals surface area contributed by atoms with Gasteiger partial charge in [0, 0.05) is 12.2 Å². The van der Waals surface area contributed by atoms with Gasteiger partial charge in [-0.25, -0.2) is 0 Å². The molecule has 5 nitrogen and oxygen atoms in total. The standard InChI is InChI=1S/C22H23F3N2O3/c1-3-5-11-16(4-2)27-14-17(19(28)21(27)30)20(29)26-13-8-10-15-9-6-7-12-18(15)22(23,24)25/h3-7,9,11-12,28H,1,8,10,13-14H2,2H3,(H,26,29)/b11-5-,16-4+. The summed E-state index contributed by atoms with van der Waals surface area (Å²) in [5.74, 6) is -1.96. The fourth-order valence-electron chi connectivity index (χ4n) is 3.06. The second kappa shape index (κ2) is 9.96. The quantitative estimate of drug-likeness (QED) is 0.492. The number of halogens is 3. The van der Waals surface area contributed by atoms with Crippen molar-refractivity contribution < 1.29 is 27.9 Å². The largest absolute Gasteiger partial charge is 0.503 e. The molecular weight excluding hydrogens is 397 g/mol. The Bertz CT molecular complexity index is 914. The van der Waals surface area contributed by atoms with Crippen LogP contribution in [0.1, 0.15) is 24.5 Å². The Labute approximate surface area is 172 Å². The number of aliphatic hydroxyl groups excluding tert-OH is 1. The Morgan fingerprint density at radius 1 is 1.33 bits per heavy atom. The van der Waals surface area contributed by atoms with Crippen molar-refractivity contribution in [3.05, 3.63) is 83.3 Å². The first-order chi connectivity index (χ1) is 14.2. The average Bonchev–Trinajstić information content (AvgIpc) is 3.00. The van der Waals surface area contributed by atoms with Gasteiger partial charge < -0.3 is 15.3 Å². The van der Waals surface area contributed by atoms with Crippen LogP contribution in [0.4, 0.5) is 13.2 Å². The first kappa shape index (κ1) is 23.0. The number of rotatable bonds is 8. The topological polar surface area (TPSA) is 69.6 Å². The summed E-state index contributed by atoms with van der Waals surface area (Å²) in [7, 11) is 0. The van der Waals surface area contributed by atoms with Gasteiger partial charge in [-0.15, -0.1) is 0 Å². The normalized spacial score (nSPS) is 15.3. The number of aliphatic hydroxyl groups is 1. The molecule has 2 N–H and O–H groups in total. The van der Waals surface area contributed by atoms with E-state index in [2.05, 4.69) is 11.9 Å². The SMILES string of the molecule is C=C/C=C\C(=C/C)N1CC(C(=O)NCCCc2ccccc2C(F)(F)F)=C(O)C1=O. The van der Waals surface area contributed by atoms with Gasteiger partial charge in [0.25, 0.3) is 11.8 Å². The van der Waals surface area contributed by atoms with Gasteiger partial charge in [-0.1, -0.05) is 43.0 Å². The zero-order valence-corrected chi connectivity index (χ0v) is 16.5. The lowest BCUT2D eigenvalue weighted by Gasteiger charge is -2.17. The highest BCUT2D eigenvalue weighted by Gasteiger charge is 2.35. The fraction of sp³-hybridized carbons (Fsp3) is 0.273. The third-order valence-electron chi connectivity index (χ3n) is 4.57. The Morgan fingerprint density at radius 2 is 2.03 bits per heavy atom. The minimum atomic E-state index is -4.44. The van der Waals surface area contributed by atoms with Crippen molar-refractivity contribution >= 4 is 11.8 Å². The molecule has 30 heavy (non-hydrogen) atoms. The van der Waals surface area contributed by atoms with Crippen LogP contribution in [0.25, 0.3) is 0 Å². The smallest absolute Gasteiger partial charge is 0.416 e. The second-order valence-electron chi connectivity index (χ2n) is 6.54. The Kier molecular flexibility index (Phi) is 7.63. The third-order valence-corrected chi connectivity index (χ3v) is 4.57. The summed E-state index contributed by atoms with van der Waals surface area (Å²) in [6.07, 6.45) is 2.39. The molecule has 1 aliphatic rings. The van der Waals surface area contributed by atoms with E-state index in [4.69, 9.17) is 0 Å². The number of nitrogens with one attached hydrogen (secondary N) is 1. The van der Waals surface area contributed by atoms with Crippen LogP contribution in [0.15, 0.2) is 72.2 Å². The molecule has 0 atom stereocenters. The number of aryl methyl sites for hydroxylation is 1. The van der Waals surface area contributed by atoms with E-state index in [0.29, 0.717) is 5.70 Å². The monoisotopic (exact) mass is 420 g/mol. The van der Waals surface area contributed by atoms with E-state index in [1.807, 2.05) is 0 Å². The van der Waals surface area contributed by atoms with Crippen molar-refractivity contribution in [3.8, 4) is 0 Å². The van der Waals surface area contributed by atoms with Crippen LogP contribution in [0, 0.1) is 0 Å². The Morgan fingerprint density at radius 3 is 2.67 bits per heavy atom. The van der Waals surface area contributed by atoms with E-state index in [1.165, 1.54) is 29.2 Å². The summed E-state index contributed by atoms with van der Waals surface area (Å²) >= 11 is 0. The minimum absolute atomic E-state index is 0.0814. The first-order valence-corrected chi connectivity index (χ1v) is 9.33. The van der Waals surface area contributed by atoms with Crippen LogP contribution in [0.2, 0.25) is 0 Å². The fourth-order valence-corrected chi connectivity index (χ4v) is 3.06. The maximum absolute atomic E-state index is 13.0. The maximum Gasteiger partial charge on any atom is 0.416 e. The number of alkyl halides is 3. The highest BCUT2D eigenvalue weighted by molar-refractivity contribution is 6.07. The summed E-state index contributed by atoms with van der Waals surface area (Å²) in [6.45, 7) is 5.26. The molecule has 160 valence electrons. The Balaban J connectivity index is 1.95. The molecule has 2 rings (SSSR count). The van der Waals surface area contributed by atoms with Crippen LogP contribution in [0.3, 0.4) is 0 Å². The average molecular weight is 420 g/mol. The molecule has 0 spiro atoms. The van der Waals surface area contributed by atoms with Gasteiger partial charge in [0.1, 0.15) is 0 Å². The van der Waals surface area contributed by atoms with E-state index >= 15 is 0 Å². The molecule has 1 aliphatic heterocycles. The van der Waals surface area contributed by atoms with Gasteiger partial charge in [-0.2, -0.15) is 13.2 Å². The summed E-state index contributed by atoms with van der Waals surface area (Å²) < 4.78 is 39.1. The number of carbonyl (C=O) groups is 2. The number of nitrogens with zero attached hydrogens (tertiary/aromatic N) is 1.